The van der Waals surface area contributed by atoms with Crippen molar-refractivity contribution in [1.82, 2.24) is 0 Å². The van der Waals surface area contributed by atoms with Gasteiger partial charge in [-0.1, -0.05) is 11.6 Å². The van der Waals surface area contributed by atoms with Crippen LogP contribution < -0.4 is 10.5 Å². The lowest BCUT2D eigenvalue weighted by atomic mass is 10.2. The Labute approximate surface area is 108 Å². The van der Waals surface area contributed by atoms with Crippen molar-refractivity contribution >= 4 is 11.6 Å². The number of nitrogens with two attached hydrogens (primary N) is 1. The number of ether oxygens (including phenoxy) is 2. The first-order valence-electron chi connectivity index (χ1n) is 5.88. The van der Waals surface area contributed by atoms with Gasteiger partial charge in [0.25, 0.3) is 0 Å². The van der Waals surface area contributed by atoms with Gasteiger partial charge < -0.3 is 15.2 Å². The number of benzene rings is 1. The third-order valence-corrected chi connectivity index (χ3v) is 2.73. The Morgan fingerprint density at radius 1 is 1.24 bits per heavy atom. The molecule has 0 aliphatic heterocycles. The number of unbranched alkanes of at least 4 members (excludes halogenated alkanes) is 2. The fraction of sp³-hybridized carbons (Fsp3) is 0.538. The minimum absolute atomic E-state index is 0.534. The van der Waals surface area contributed by atoms with Crippen molar-refractivity contribution in [3.63, 3.8) is 0 Å². The van der Waals surface area contributed by atoms with Crippen LogP contribution in [0.15, 0.2) is 18.2 Å². The lowest BCUT2D eigenvalue weighted by molar-refractivity contribution is 0.115. The van der Waals surface area contributed by atoms with Crippen LogP contribution in [0.3, 0.4) is 0 Å². The van der Waals surface area contributed by atoms with E-state index in [9.17, 15) is 0 Å². The van der Waals surface area contributed by atoms with Crippen LogP contribution in [0.25, 0.3) is 0 Å². The Morgan fingerprint density at radius 2 is 2.06 bits per heavy atom. The molecule has 0 heterocycles. The van der Waals surface area contributed by atoms with Crippen molar-refractivity contribution in [3.05, 3.63) is 28.8 Å². The summed E-state index contributed by atoms with van der Waals surface area (Å²) in [6.45, 7) is 2.03. The number of halogens is 1. The number of hydrogen-bond donors (Lipinski definition) is 1. The maximum absolute atomic E-state index is 5.93. The predicted octanol–water partition coefficient (Wildman–Crippen LogP) is 2.99. The van der Waals surface area contributed by atoms with E-state index in [1.54, 1.807) is 7.11 Å². The molecule has 0 fully saturated rings. The second-order valence-electron chi connectivity index (χ2n) is 3.86. The quantitative estimate of drug-likeness (QED) is 0.728. The summed E-state index contributed by atoms with van der Waals surface area (Å²) < 4.78 is 10.8. The van der Waals surface area contributed by atoms with Gasteiger partial charge in [-0.25, -0.2) is 0 Å². The first-order valence-corrected chi connectivity index (χ1v) is 6.26. The van der Waals surface area contributed by atoms with Gasteiger partial charge in [0, 0.05) is 17.2 Å². The lowest BCUT2D eigenvalue weighted by Gasteiger charge is -2.09. The molecule has 0 spiro atoms. The van der Waals surface area contributed by atoms with Crippen molar-refractivity contribution in [3.8, 4) is 5.75 Å². The zero-order valence-corrected chi connectivity index (χ0v) is 11.0. The minimum Gasteiger partial charge on any atom is -0.496 e. The normalized spacial score (nSPS) is 10.5. The fourth-order valence-corrected chi connectivity index (χ4v) is 1.76. The van der Waals surface area contributed by atoms with E-state index in [4.69, 9.17) is 26.8 Å². The molecule has 2 N–H and O–H groups in total. The van der Waals surface area contributed by atoms with Crippen molar-refractivity contribution in [1.29, 1.82) is 0 Å². The summed E-state index contributed by atoms with van der Waals surface area (Å²) in [5.41, 5.74) is 6.40. The average Bonchev–Trinajstić information content (AvgIpc) is 2.34. The van der Waals surface area contributed by atoms with Gasteiger partial charge >= 0.3 is 0 Å². The number of hydrogen-bond acceptors (Lipinski definition) is 3. The summed E-state index contributed by atoms with van der Waals surface area (Å²) >= 11 is 5.93. The van der Waals surface area contributed by atoms with Crippen molar-refractivity contribution in [2.45, 2.75) is 25.9 Å². The van der Waals surface area contributed by atoms with E-state index in [2.05, 4.69) is 0 Å². The monoisotopic (exact) mass is 257 g/mol. The van der Waals surface area contributed by atoms with Crippen LogP contribution in [0.4, 0.5) is 0 Å². The summed E-state index contributed by atoms with van der Waals surface area (Å²) in [6.07, 6.45) is 3.22. The summed E-state index contributed by atoms with van der Waals surface area (Å²) in [5, 5.41) is 0.701. The largest absolute Gasteiger partial charge is 0.496 e. The molecule has 0 aliphatic rings. The van der Waals surface area contributed by atoms with Crippen molar-refractivity contribution < 1.29 is 9.47 Å². The molecule has 0 saturated heterocycles. The van der Waals surface area contributed by atoms with Crippen molar-refractivity contribution in [2.24, 2.45) is 5.73 Å². The molecule has 3 nitrogen and oxygen atoms in total. The SMILES string of the molecule is COc1ccc(Cl)cc1COCCCCCN. The molecule has 4 heteroatoms. The standard InChI is InChI=1S/C13H20ClNO2/c1-16-13-6-5-12(14)9-11(13)10-17-8-4-2-3-7-15/h5-6,9H,2-4,7-8,10,15H2,1H3. The molecule has 0 bridgehead atoms. The van der Waals surface area contributed by atoms with Crippen LogP contribution in [-0.2, 0) is 11.3 Å². The predicted molar refractivity (Wildman–Crippen MR) is 70.6 cm³/mol. The molecule has 0 amide bonds. The average molecular weight is 258 g/mol. The Balaban J connectivity index is 2.32. The molecule has 0 aromatic heterocycles. The van der Waals surface area contributed by atoms with Crippen LogP contribution in [0, 0.1) is 0 Å². The maximum atomic E-state index is 5.93. The van der Waals surface area contributed by atoms with Gasteiger partial charge in [-0.05, 0) is 44.0 Å². The molecular weight excluding hydrogens is 238 g/mol. The highest BCUT2D eigenvalue weighted by atomic mass is 35.5. The van der Waals surface area contributed by atoms with E-state index in [0.29, 0.717) is 11.6 Å². The molecule has 1 aromatic carbocycles. The fourth-order valence-electron chi connectivity index (χ4n) is 1.57. The van der Waals surface area contributed by atoms with Gasteiger partial charge in [-0.3, -0.25) is 0 Å². The molecular formula is C13H20ClNO2. The Hall–Kier alpha value is -0.770. The molecule has 17 heavy (non-hydrogen) atoms. The highest BCUT2D eigenvalue weighted by Crippen LogP contribution is 2.23. The minimum atomic E-state index is 0.534. The summed E-state index contributed by atoms with van der Waals surface area (Å²) in [5.74, 6) is 0.816. The topological polar surface area (TPSA) is 44.5 Å². The molecule has 0 aliphatic carbocycles. The van der Waals surface area contributed by atoms with E-state index in [1.165, 1.54) is 0 Å². The third kappa shape index (κ3) is 5.39. The van der Waals surface area contributed by atoms with E-state index < -0.39 is 0 Å². The first kappa shape index (κ1) is 14.3. The van der Waals surface area contributed by atoms with E-state index in [0.717, 1.165) is 43.7 Å². The zero-order chi connectivity index (χ0) is 12.5. The van der Waals surface area contributed by atoms with Crippen LogP contribution in [0.1, 0.15) is 24.8 Å². The van der Waals surface area contributed by atoms with E-state index in [1.807, 2.05) is 18.2 Å². The number of rotatable bonds is 8. The molecule has 1 rings (SSSR count). The first-order chi connectivity index (χ1) is 8.27. The van der Waals surface area contributed by atoms with Gasteiger partial charge in [0.2, 0.25) is 0 Å². The van der Waals surface area contributed by atoms with Crippen LogP contribution in [-0.4, -0.2) is 20.3 Å². The zero-order valence-electron chi connectivity index (χ0n) is 10.2. The molecule has 0 radical (unpaired) electrons. The molecule has 0 atom stereocenters. The second kappa shape index (κ2) is 8.34. The van der Waals surface area contributed by atoms with Crippen LogP contribution in [0.2, 0.25) is 5.02 Å². The molecule has 96 valence electrons. The summed E-state index contributed by atoms with van der Waals surface area (Å²) in [4.78, 5) is 0. The number of methoxy groups -OCH3 is 1. The van der Waals surface area contributed by atoms with Gasteiger partial charge in [0.15, 0.2) is 0 Å². The molecule has 0 unspecified atom stereocenters. The highest BCUT2D eigenvalue weighted by molar-refractivity contribution is 6.30. The maximum Gasteiger partial charge on any atom is 0.124 e. The van der Waals surface area contributed by atoms with Crippen LogP contribution >= 0.6 is 11.6 Å². The summed E-state index contributed by atoms with van der Waals surface area (Å²) in [7, 11) is 1.65. The smallest absolute Gasteiger partial charge is 0.124 e. The van der Waals surface area contributed by atoms with Crippen molar-refractivity contribution in [2.75, 3.05) is 20.3 Å². The lowest BCUT2D eigenvalue weighted by Crippen LogP contribution is -2.01. The van der Waals surface area contributed by atoms with Gasteiger partial charge in [0.05, 0.1) is 13.7 Å². The summed E-state index contributed by atoms with van der Waals surface area (Å²) in [6, 6.07) is 5.54. The Kier molecular flexibility index (Phi) is 7.01. The highest BCUT2D eigenvalue weighted by Gasteiger charge is 2.03. The van der Waals surface area contributed by atoms with E-state index >= 15 is 0 Å². The Bertz CT molecular complexity index is 331. The second-order valence-corrected chi connectivity index (χ2v) is 4.29. The molecule has 1 aromatic rings. The molecule has 0 saturated carbocycles. The van der Waals surface area contributed by atoms with Gasteiger partial charge in [-0.15, -0.1) is 0 Å². The van der Waals surface area contributed by atoms with E-state index in [-0.39, 0.29) is 0 Å². The van der Waals surface area contributed by atoms with Gasteiger partial charge in [0.1, 0.15) is 5.75 Å². The third-order valence-electron chi connectivity index (χ3n) is 2.49. The van der Waals surface area contributed by atoms with Gasteiger partial charge in [-0.2, -0.15) is 0 Å². The van der Waals surface area contributed by atoms with Crippen LogP contribution in [0.5, 0.6) is 5.75 Å². The Morgan fingerprint density at radius 3 is 2.76 bits per heavy atom.